The molecule has 1 aromatic carbocycles. The molecule has 0 aromatic heterocycles. The highest BCUT2D eigenvalue weighted by Gasteiger charge is 2.44. The molecule has 2 N–H and O–H groups in total. The van der Waals surface area contributed by atoms with Crippen LogP contribution < -0.4 is 5.73 Å². The molecule has 2 nitrogen and oxygen atoms in total. The Hall–Kier alpha value is -0.860. The number of nitrogens with zero attached hydrogens (tertiary/aromatic N) is 1. The smallest absolute Gasteiger partial charge is 0.0378 e. The molecule has 110 valence electrons. The number of hydrogen-bond donors (Lipinski definition) is 1. The van der Waals surface area contributed by atoms with Crippen LogP contribution >= 0.6 is 0 Å². The lowest BCUT2D eigenvalue weighted by atomic mass is 9.76. The van der Waals surface area contributed by atoms with E-state index in [1.807, 2.05) is 0 Å². The van der Waals surface area contributed by atoms with Crippen molar-refractivity contribution in [3.63, 3.8) is 0 Å². The van der Waals surface area contributed by atoms with Crippen LogP contribution in [-0.4, -0.2) is 29.6 Å². The molecule has 2 aliphatic rings. The fourth-order valence-corrected chi connectivity index (χ4v) is 3.84. The van der Waals surface area contributed by atoms with E-state index in [1.165, 1.54) is 50.6 Å². The number of aryl methyl sites for hydroxylation is 1. The Morgan fingerprint density at radius 3 is 2.65 bits per heavy atom. The van der Waals surface area contributed by atoms with Crippen LogP contribution in [-0.2, 0) is 12.8 Å². The summed E-state index contributed by atoms with van der Waals surface area (Å²) in [5.74, 6) is 0. The van der Waals surface area contributed by atoms with Gasteiger partial charge in [-0.1, -0.05) is 37.6 Å². The molecule has 2 aliphatic carbocycles. The summed E-state index contributed by atoms with van der Waals surface area (Å²) in [5.41, 5.74) is 9.60. The van der Waals surface area contributed by atoms with Gasteiger partial charge in [-0.25, -0.2) is 0 Å². The lowest BCUT2D eigenvalue weighted by Gasteiger charge is -2.47. The van der Waals surface area contributed by atoms with Gasteiger partial charge in [0.15, 0.2) is 0 Å². The number of unbranched alkanes of at least 4 members (excludes halogenated alkanes) is 1. The molecule has 0 amide bonds. The average Bonchev–Trinajstić information content (AvgIpc) is 3.32. The van der Waals surface area contributed by atoms with Crippen molar-refractivity contribution in [1.29, 1.82) is 0 Å². The summed E-state index contributed by atoms with van der Waals surface area (Å²) in [6, 6.07) is 9.77. The van der Waals surface area contributed by atoms with E-state index in [1.54, 1.807) is 5.56 Å². The maximum absolute atomic E-state index is 6.29. The van der Waals surface area contributed by atoms with Crippen molar-refractivity contribution in [2.24, 2.45) is 5.73 Å². The van der Waals surface area contributed by atoms with Gasteiger partial charge < -0.3 is 5.73 Å². The Balaban J connectivity index is 1.83. The normalized spacial score (nSPS) is 25.8. The monoisotopic (exact) mass is 272 g/mol. The van der Waals surface area contributed by atoms with Crippen LogP contribution in [0.1, 0.15) is 50.2 Å². The summed E-state index contributed by atoms with van der Waals surface area (Å²) >= 11 is 0. The van der Waals surface area contributed by atoms with Crippen LogP contribution in [0.25, 0.3) is 0 Å². The molecule has 1 fully saturated rings. The highest BCUT2D eigenvalue weighted by Crippen LogP contribution is 2.39. The Labute approximate surface area is 123 Å². The van der Waals surface area contributed by atoms with Crippen molar-refractivity contribution in [1.82, 2.24) is 4.90 Å². The fraction of sp³-hybridized carbons (Fsp3) is 0.667. The summed E-state index contributed by atoms with van der Waals surface area (Å²) in [6.07, 6.45) is 8.93. The molecule has 0 bridgehead atoms. The minimum absolute atomic E-state index is 0.227. The highest BCUT2D eigenvalue weighted by atomic mass is 15.3. The zero-order valence-corrected chi connectivity index (χ0v) is 12.8. The van der Waals surface area contributed by atoms with Gasteiger partial charge in [0.05, 0.1) is 0 Å². The van der Waals surface area contributed by atoms with Crippen LogP contribution in [0, 0.1) is 0 Å². The van der Waals surface area contributed by atoms with Gasteiger partial charge in [0, 0.05) is 18.1 Å². The van der Waals surface area contributed by atoms with Crippen molar-refractivity contribution in [3.05, 3.63) is 35.4 Å². The second kappa shape index (κ2) is 5.87. The number of fused-ring (bicyclic) bond motifs is 1. The fourth-order valence-electron chi connectivity index (χ4n) is 3.84. The number of rotatable bonds is 6. The topological polar surface area (TPSA) is 29.3 Å². The molecule has 1 unspecified atom stereocenters. The molecular formula is C18H28N2. The minimum atomic E-state index is 0.227. The Bertz CT molecular complexity index is 452. The number of benzene rings is 1. The Morgan fingerprint density at radius 2 is 2.00 bits per heavy atom. The Kier molecular flexibility index (Phi) is 4.13. The van der Waals surface area contributed by atoms with Gasteiger partial charge in [0.2, 0.25) is 0 Å². The first kappa shape index (κ1) is 14.1. The molecule has 2 heteroatoms. The van der Waals surface area contributed by atoms with Gasteiger partial charge in [0.25, 0.3) is 0 Å². The van der Waals surface area contributed by atoms with Crippen molar-refractivity contribution in [2.75, 3.05) is 13.1 Å². The predicted molar refractivity (Wildman–Crippen MR) is 84.9 cm³/mol. The van der Waals surface area contributed by atoms with Crippen molar-refractivity contribution in [3.8, 4) is 0 Å². The van der Waals surface area contributed by atoms with Crippen molar-refractivity contribution < 1.29 is 0 Å². The van der Waals surface area contributed by atoms with Crippen LogP contribution in [0.5, 0.6) is 0 Å². The van der Waals surface area contributed by atoms with Gasteiger partial charge >= 0.3 is 0 Å². The van der Waals surface area contributed by atoms with Crippen LogP contribution in [0.4, 0.5) is 0 Å². The van der Waals surface area contributed by atoms with E-state index in [2.05, 4.69) is 36.1 Å². The molecule has 0 spiro atoms. The van der Waals surface area contributed by atoms with Crippen molar-refractivity contribution >= 4 is 0 Å². The van der Waals surface area contributed by atoms with Crippen LogP contribution in [0.15, 0.2) is 24.3 Å². The first-order valence-corrected chi connectivity index (χ1v) is 8.33. The van der Waals surface area contributed by atoms with Gasteiger partial charge in [-0.2, -0.15) is 0 Å². The van der Waals surface area contributed by atoms with E-state index >= 15 is 0 Å². The largest absolute Gasteiger partial charge is 0.329 e. The predicted octanol–water partition coefficient (Wildman–Crippen LogP) is 3.14. The molecular weight excluding hydrogens is 244 g/mol. The Morgan fingerprint density at radius 1 is 1.25 bits per heavy atom. The van der Waals surface area contributed by atoms with E-state index in [0.29, 0.717) is 0 Å². The third-order valence-corrected chi connectivity index (χ3v) is 5.23. The first-order chi connectivity index (χ1) is 9.79. The molecule has 1 atom stereocenters. The average molecular weight is 272 g/mol. The zero-order valence-electron chi connectivity index (χ0n) is 12.8. The van der Waals surface area contributed by atoms with E-state index in [9.17, 15) is 0 Å². The van der Waals surface area contributed by atoms with Crippen LogP contribution in [0.2, 0.25) is 0 Å². The molecule has 3 rings (SSSR count). The summed E-state index contributed by atoms with van der Waals surface area (Å²) in [7, 11) is 0. The van der Waals surface area contributed by atoms with Crippen LogP contribution in [0.3, 0.4) is 0 Å². The number of hydrogen-bond acceptors (Lipinski definition) is 2. The van der Waals surface area contributed by atoms with Crippen molar-refractivity contribution in [2.45, 2.75) is 63.5 Å². The first-order valence-electron chi connectivity index (χ1n) is 8.33. The third-order valence-electron chi connectivity index (χ3n) is 5.23. The minimum Gasteiger partial charge on any atom is -0.329 e. The summed E-state index contributed by atoms with van der Waals surface area (Å²) in [5, 5.41) is 0. The molecule has 0 heterocycles. The number of nitrogens with two attached hydrogens (primary N) is 1. The molecule has 0 saturated heterocycles. The summed E-state index contributed by atoms with van der Waals surface area (Å²) in [6.45, 7) is 4.33. The standard InChI is InChI=1S/C18H28N2/c1-2-3-12-20(17-8-9-17)18(14-19)11-10-15-6-4-5-7-16(15)13-18/h4-7,17H,2-3,8-14,19H2,1H3. The highest BCUT2D eigenvalue weighted by molar-refractivity contribution is 5.32. The maximum Gasteiger partial charge on any atom is 0.0378 e. The van der Waals surface area contributed by atoms with E-state index in [4.69, 9.17) is 5.73 Å². The lowest BCUT2D eigenvalue weighted by Crippen LogP contribution is -2.58. The van der Waals surface area contributed by atoms with Gasteiger partial charge in [-0.05, 0) is 56.2 Å². The molecule has 1 saturated carbocycles. The van der Waals surface area contributed by atoms with Gasteiger partial charge in [-0.15, -0.1) is 0 Å². The molecule has 1 aromatic rings. The molecule has 0 radical (unpaired) electrons. The lowest BCUT2D eigenvalue weighted by molar-refractivity contribution is 0.0689. The zero-order chi connectivity index (χ0) is 14.0. The van der Waals surface area contributed by atoms with Gasteiger partial charge in [-0.3, -0.25) is 4.90 Å². The summed E-state index contributed by atoms with van der Waals surface area (Å²) < 4.78 is 0. The summed E-state index contributed by atoms with van der Waals surface area (Å²) in [4.78, 5) is 2.78. The second-order valence-corrected chi connectivity index (χ2v) is 6.65. The van der Waals surface area contributed by atoms with Gasteiger partial charge in [0.1, 0.15) is 0 Å². The third kappa shape index (κ3) is 2.64. The van der Waals surface area contributed by atoms with E-state index < -0.39 is 0 Å². The molecule has 0 aliphatic heterocycles. The maximum atomic E-state index is 6.29. The van der Waals surface area contributed by atoms with E-state index in [0.717, 1.165) is 19.0 Å². The second-order valence-electron chi connectivity index (χ2n) is 6.65. The van der Waals surface area contributed by atoms with E-state index in [-0.39, 0.29) is 5.54 Å². The SMILES string of the molecule is CCCCN(C1CC1)C1(CN)CCc2ccccc2C1. The quantitative estimate of drug-likeness (QED) is 0.862. The molecule has 20 heavy (non-hydrogen) atoms.